The lowest BCUT2D eigenvalue weighted by Gasteiger charge is -2.23. The summed E-state index contributed by atoms with van der Waals surface area (Å²) in [6, 6.07) is 8.60. The second-order valence-corrected chi connectivity index (χ2v) is 4.28. The van der Waals surface area contributed by atoms with E-state index in [1.54, 1.807) is 6.92 Å². The van der Waals surface area contributed by atoms with E-state index >= 15 is 0 Å². The van der Waals surface area contributed by atoms with Gasteiger partial charge in [0.2, 0.25) is 0 Å². The Morgan fingerprint density at radius 3 is 2.79 bits per heavy atom. The zero-order valence-electron chi connectivity index (χ0n) is 8.62. The van der Waals surface area contributed by atoms with Crippen LogP contribution in [0.3, 0.4) is 0 Å². The predicted octanol–water partition coefficient (Wildman–Crippen LogP) is 2.77. The molecular formula is C13H16O. The lowest BCUT2D eigenvalue weighted by molar-refractivity contribution is -0.117. The molecule has 0 aliphatic heterocycles. The molecule has 0 bridgehead atoms. The number of carbonyl (C=O) groups excluding carboxylic acids is 1. The summed E-state index contributed by atoms with van der Waals surface area (Å²) in [5.74, 6) is 0.914. The Kier molecular flexibility index (Phi) is 2.67. The highest BCUT2D eigenvalue weighted by Crippen LogP contribution is 2.27. The Morgan fingerprint density at radius 1 is 1.36 bits per heavy atom. The third-order valence-corrected chi connectivity index (χ3v) is 3.03. The van der Waals surface area contributed by atoms with Gasteiger partial charge in [0, 0.05) is 6.42 Å². The van der Waals surface area contributed by atoms with Gasteiger partial charge in [-0.05, 0) is 43.2 Å². The second-order valence-electron chi connectivity index (χ2n) is 4.28. The molecule has 1 unspecified atom stereocenters. The molecule has 0 aromatic heterocycles. The summed E-state index contributed by atoms with van der Waals surface area (Å²) in [4.78, 5) is 11.0. The normalized spacial score (nSPS) is 20.2. The van der Waals surface area contributed by atoms with Crippen LogP contribution in [0, 0.1) is 5.92 Å². The smallest absolute Gasteiger partial charge is 0.130 e. The first-order chi connectivity index (χ1) is 6.75. The summed E-state index contributed by atoms with van der Waals surface area (Å²) in [5.41, 5.74) is 2.93. The molecular weight excluding hydrogens is 172 g/mol. The van der Waals surface area contributed by atoms with Gasteiger partial charge in [-0.2, -0.15) is 0 Å². The number of Topliss-reactive ketones (excluding diaryl/α,β-unsaturated/α-hetero) is 1. The topological polar surface area (TPSA) is 17.1 Å². The number of ketones is 1. The lowest BCUT2D eigenvalue weighted by atomic mass is 9.82. The van der Waals surface area contributed by atoms with E-state index in [1.807, 2.05) is 0 Å². The van der Waals surface area contributed by atoms with Crippen molar-refractivity contribution in [3.8, 4) is 0 Å². The van der Waals surface area contributed by atoms with Gasteiger partial charge in [-0.25, -0.2) is 0 Å². The highest BCUT2D eigenvalue weighted by atomic mass is 16.1. The highest BCUT2D eigenvalue weighted by molar-refractivity contribution is 5.75. The molecule has 0 saturated heterocycles. The first kappa shape index (κ1) is 9.45. The van der Waals surface area contributed by atoms with Gasteiger partial charge in [0.05, 0.1) is 0 Å². The van der Waals surface area contributed by atoms with Crippen LogP contribution in [0.15, 0.2) is 24.3 Å². The average Bonchev–Trinajstić information content (AvgIpc) is 2.17. The number of rotatable bonds is 2. The lowest BCUT2D eigenvalue weighted by Crippen LogP contribution is -2.16. The van der Waals surface area contributed by atoms with Crippen LogP contribution in [-0.2, 0) is 17.6 Å². The Morgan fingerprint density at radius 2 is 2.07 bits per heavy atom. The molecule has 0 saturated carbocycles. The molecule has 1 aliphatic rings. The predicted molar refractivity (Wildman–Crippen MR) is 57.3 cm³/mol. The number of aryl methyl sites for hydroxylation is 1. The van der Waals surface area contributed by atoms with Crippen molar-refractivity contribution in [2.45, 2.75) is 32.6 Å². The van der Waals surface area contributed by atoms with Crippen LogP contribution < -0.4 is 0 Å². The van der Waals surface area contributed by atoms with Gasteiger partial charge < -0.3 is 4.79 Å². The van der Waals surface area contributed by atoms with E-state index in [4.69, 9.17) is 0 Å². The number of hydrogen-bond donors (Lipinski definition) is 0. The minimum absolute atomic E-state index is 0.328. The first-order valence-corrected chi connectivity index (χ1v) is 5.32. The average molecular weight is 188 g/mol. The summed E-state index contributed by atoms with van der Waals surface area (Å²) in [6.07, 6.45) is 4.18. The Labute approximate surface area is 85.1 Å². The maximum Gasteiger partial charge on any atom is 0.130 e. The summed E-state index contributed by atoms with van der Waals surface area (Å²) in [5, 5.41) is 0. The van der Waals surface area contributed by atoms with Crippen LogP contribution in [-0.4, -0.2) is 5.78 Å². The van der Waals surface area contributed by atoms with Crippen molar-refractivity contribution in [2.75, 3.05) is 0 Å². The van der Waals surface area contributed by atoms with Gasteiger partial charge in [-0.1, -0.05) is 24.3 Å². The number of hydrogen-bond acceptors (Lipinski definition) is 1. The van der Waals surface area contributed by atoms with Crippen LogP contribution in [0.25, 0.3) is 0 Å². The zero-order valence-corrected chi connectivity index (χ0v) is 8.62. The fourth-order valence-electron chi connectivity index (χ4n) is 2.35. The van der Waals surface area contributed by atoms with Crippen LogP contribution in [0.1, 0.15) is 30.9 Å². The molecule has 0 spiro atoms. The summed E-state index contributed by atoms with van der Waals surface area (Å²) >= 11 is 0. The minimum Gasteiger partial charge on any atom is -0.300 e. The molecule has 0 N–H and O–H groups in total. The third-order valence-electron chi connectivity index (χ3n) is 3.03. The molecule has 1 atom stereocenters. The fraction of sp³-hybridized carbons (Fsp3) is 0.462. The Balaban J connectivity index is 2.09. The second kappa shape index (κ2) is 3.95. The van der Waals surface area contributed by atoms with Crippen molar-refractivity contribution in [3.05, 3.63) is 35.4 Å². The van der Waals surface area contributed by atoms with Gasteiger partial charge in [0.15, 0.2) is 0 Å². The van der Waals surface area contributed by atoms with Gasteiger partial charge in [0.25, 0.3) is 0 Å². The zero-order chi connectivity index (χ0) is 9.97. The number of benzene rings is 1. The molecule has 1 heteroatoms. The van der Waals surface area contributed by atoms with Gasteiger partial charge in [0.1, 0.15) is 5.78 Å². The minimum atomic E-state index is 0.328. The van der Waals surface area contributed by atoms with E-state index in [1.165, 1.54) is 17.5 Å². The molecule has 0 amide bonds. The standard InChI is InChI=1S/C13H16O/c1-10(14)8-11-6-7-12-4-2-3-5-13(12)9-11/h2-5,11H,6-9H2,1H3. The van der Waals surface area contributed by atoms with Crippen LogP contribution >= 0.6 is 0 Å². The molecule has 0 radical (unpaired) electrons. The molecule has 1 aliphatic carbocycles. The molecule has 1 aromatic rings. The van der Waals surface area contributed by atoms with E-state index in [2.05, 4.69) is 24.3 Å². The van der Waals surface area contributed by atoms with Gasteiger partial charge >= 0.3 is 0 Å². The fourth-order valence-corrected chi connectivity index (χ4v) is 2.35. The summed E-state index contributed by atoms with van der Waals surface area (Å²) in [6.45, 7) is 1.69. The van der Waals surface area contributed by atoms with E-state index in [0.717, 1.165) is 19.3 Å². The SMILES string of the molecule is CC(=O)CC1CCc2ccccc2C1. The molecule has 0 heterocycles. The summed E-state index contributed by atoms with van der Waals surface area (Å²) < 4.78 is 0. The summed E-state index contributed by atoms with van der Waals surface area (Å²) in [7, 11) is 0. The van der Waals surface area contributed by atoms with E-state index in [-0.39, 0.29) is 0 Å². The van der Waals surface area contributed by atoms with Crippen molar-refractivity contribution in [1.82, 2.24) is 0 Å². The van der Waals surface area contributed by atoms with Crippen molar-refractivity contribution in [2.24, 2.45) is 5.92 Å². The van der Waals surface area contributed by atoms with Gasteiger partial charge in [-0.15, -0.1) is 0 Å². The van der Waals surface area contributed by atoms with E-state index < -0.39 is 0 Å². The van der Waals surface area contributed by atoms with Crippen LogP contribution in [0.5, 0.6) is 0 Å². The molecule has 14 heavy (non-hydrogen) atoms. The first-order valence-electron chi connectivity index (χ1n) is 5.32. The monoisotopic (exact) mass is 188 g/mol. The van der Waals surface area contributed by atoms with Gasteiger partial charge in [-0.3, -0.25) is 0 Å². The van der Waals surface area contributed by atoms with E-state index in [9.17, 15) is 4.79 Å². The maximum atomic E-state index is 11.0. The molecule has 0 fully saturated rings. The number of fused-ring (bicyclic) bond motifs is 1. The van der Waals surface area contributed by atoms with Crippen molar-refractivity contribution in [3.63, 3.8) is 0 Å². The van der Waals surface area contributed by atoms with Crippen molar-refractivity contribution in [1.29, 1.82) is 0 Å². The van der Waals surface area contributed by atoms with Crippen molar-refractivity contribution < 1.29 is 4.79 Å². The molecule has 1 nitrogen and oxygen atoms in total. The largest absolute Gasteiger partial charge is 0.300 e. The van der Waals surface area contributed by atoms with Crippen LogP contribution in [0.4, 0.5) is 0 Å². The van der Waals surface area contributed by atoms with Crippen molar-refractivity contribution >= 4 is 5.78 Å². The molecule has 1 aromatic carbocycles. The Bertz CT molecular complexity index is 341. The highest BCUT2D eigenvalue weighted by Gasteiger charge is 2.18. The molecule has 74 valence electrons. The number of carbonyl (C=O) groups is 1. The molecule has 2 rings (SSSR count). The third kappa shape index (κ3) is 2.03. The van der Waals surface area contributed by atoms with E-state index in [0.29, 0.717) is 11.7 Å². The van der Waals surface area contributed by atoms with Crippen LogP contribution in [0.2, 0.25) is 0 Å². The quantitative estimate of drug-likeness (QED) is 0.697. The maximum absolute atomic E-state index is 11.0. The Hall–Kier alpha value is -1.11.